The molecule has 1 aromatic rings. The molecule has 1 N–H and O–H groups in total. The summed E-state index contributed by atoms with van der Waals surface area (Å²) in [7, 11) is 0. The molecule has 0 aliphatic heterocycles. The van der Waals surface area contributed by atoms with Crippen LogP contribution in [0.1, 0.15) is 44.6 Å². The van der Waals surface area contributed by atoms with Gasteiger partial charge in [-0.3, -0.25) is 0 Å². The number of hydrogen-bond donors (Lipinski definition) is 1. The largest absolute Gasteiger partial charge is 0.310 e. The number of nitrogens with one attached hydrogen (secondary N) is 1. The molecule has 20 heavy (non-hydrogen) atoms. The molecule has 2 rings (SSSR count). The van der Waals surface area contributed by atoms with Crippen molar-refractivity contribution in [1.82, 2.24) is 5.32 Å². The lowest BCUT2D eigenvalue weighted by molar-refractivity contribution is 0.549. The molecule has 0 saturated heterocycles. The van der Waals surface area contributed by atoms with Crippen LogP contribution in [0.3, 0.4) is 0 Å². The highest BCUT2D eigenvalue weighted by molar-refractivity contribution is 5.23. The monoisotopic (exact) mass is 279 g/mol. The number of halogens is 2. The summed E-state index contributed by atoms with van der Waals surface area (Å²) < 4.78 is 26.6. The lowest BCUT2D eigenvalue weighted by Crippen LogP contribution is -2.33. The van der Waals surface area contributed by atoms with Gasteiger partial charge in [0.25, 0.3) is 0 Å². The normalized spacial score (nSPS) is 17.4. The number of likely N-dealkylation sites (N-methyl/N-ethyl adjacent to an activating group) is 1. The van der Waals surface area contributed by atoms with Gasteiger partial charge in [0.05, 0.1) is 0 Å². The molecule has 0 spiro atoms. The van der Waals surface area contributed by atoms with Gasteiger partial charge >= 0.3 is 0 Å². The predicted molar refractivity (Wildman–Crippen MR) is 78.7 cm³/mol. The lowest BCUT2D eigenvalue weighted by Gasteiger charge is -2.21. The molecule has 110 valence electrons. The Morgan fingerprint density at radius 1 is 1.10 bits per heavy atom. The van der Waals surface area contributed by atoms with Crippen LogP contribution in [-0.2, 0) is 6.42 Å². The fourth-order valence-electron chi connectivity index (χ4n) is 2.90. The Bertz CT molecular complexity index is 448. The first-order valence-corrected chi connectivity index (χ1v) is 7.56. The van der Waals surface area contributed by atoms with E-state index in [0.29, 0.717) is 6.42 Å². The molecule has 0 saturated carbocycles. The Balaban J connectivity index is 2.13. The van der Waals surface area contributed by atoms with Crippen molar-refractivity contribution in [2.24, 2.45) is 0 Å². The van der Waals surface area contributed by atoms with Gasteiger partial charge in [-0.1, -0.05) is 25.0 Å². The third-order valence-corrected chi connectivity index (χ3v) is 3.84. The number of benzene rings is 1. The minimum absolute atomic E-state index is 0.194. The van der Waals surface area contributed by atoms with E-state index in [1.54, 1.807) is 0 Å². The van der Waals surface area contributed by atoms with Crippen molar-refractivity contribution < 1.29 is 8.78 Å². The lowest BCUT2D eigenvalue weighted by atomic mass is 9.95. The van der Waals surface area contributed by atoms with Crippen molar-refractivity contribution >= 4 is 0 Å². The second-order valence-corrected chi connectivity index (χ2v) is 5.47. The Kier molecular flexibility index (Phi) is 5.72. The molecule has 3 heteroatoms. The van der Waals surface area contributed by atoms with Gasteiger partial charge in [-0.2, -0.15) is 0 Å². The number of rotatable bonds is 5. The van der Waals surface area contributed by atoms with Gasteiger partial charge < -0.3 is 5.32 Å². The van der Waals surface area contributed by atoms with Crippen molar-refractivity contribution in [1.29, 1.82) is 0 Å². The quantitative estimate of drug-likeness (QED) is 0.789. The van der Waals surface area contributed by atoms with Crippen molar-refractivity contribution in [3.63, 3.8) is 0 Å². The van der Waals surface area contributed by atoms with E-state index in [-0.39, 0.29) is 6.04 Å². The van der Waals surface area contributed by atoms with Crippen LogP contribution in [0, 0.1) is 11.6 Å². The average Bonchev–Trinajstić information content (AvgIpc) is 2.65. The molecule has 0 bridgehead atoms. The van der Waals surface area contributed by atoms with Crippen LogP contribution in [0.25, 0.3) is 0 Å². The summed E-state index contributed by atoms with van der Waals surface area (Å²) in [6, 6.07) is 3.99. The van der Waals surface area contributed by atoms with Crippen LogP contribution in [0.4, 0.5) is 8.78 Å². The smallest absolute Gasteiger partial charge is 0.126 e. The molecule has 1 aromatic carbocycles. The van der Waals surface area contributed by atoms with Gasteiger partial charge in [-0.25, -0.2) is 8.78 Å². The summed E-state index contributed by atoms with van der Waals surface area (Å²) >= 11 is 0. The molecule has 1 aliphatic carbocycles. The van der Waals surface area contributed by atoms with Crippen molar-refractivity contribution in [2.75, 3.05) is 6.54 Å². The minimum Gasteiger partial charge on any atom is -0.310 e. The summed E-state index contributed by atoms with van der Waals surface area (Å²) in [5.41, 5.74) is 2.12. The topological polar surface area (TPSA) is 12.0 Å². The molecule has 1 atom stereocenters. The first kappa shape index (κ1) is 15.2. The molecular weight excluding hydrogens is 256 g/mol. The van der Waals surface area contributed by atoms with Crippen molar-refractivity contribution in [3.8, 4) is 0 Å². The minimum atomic E-state index is -0.495. The van der Waals surface area contributed by atoms with Crippen LogP contribution in [0.5, 0.6) is 0 Å². The maximum absolute atomic E-state index is 13.3. The highest BCUT2D eigenvalue weighted by Gasteiger charge is 2.16. The molecular formula is C17H23F2N. The van der Waals surface area contributed by atoms with Crippen LogP contribution in [0.2, 0.25) is 0 Å². The van der Waals surface area contributed by atoms with E-state index in [4.69, 9.17) is 0 Å². The van der Waals surface area contributed by atoms with Gasteiger partial charge in [-0.05, 0) is 56.3 Å². The average molecular weight is 279 g/mol. The molecule has 0 aromatic heterocycles. The van der Waals surface area contributed by atoms with Gasteiger partial charge in [0.1, 0.15) is 11.6 Å². The fourth-order valence-corrected chi connectivity index (χ4v) is 2.90. The second kappa shape index (κ2) is 7.53. The van der Waals surface area contributed by atoms with Gasteiger partial charge in [-0.15, -0.1) is 0 Å². The van der Waals surface area contributed by atoms with Gasteiger partial charge in [0.15, 0.2) is 0 Å². The van der Waals surface area contributed by atoms with Crippen LogP contribution in [-0.4, -0.2) is 12.6 Å². The van der Waals surface area contributed by atoms with Crippen molar-refractivity contribution in [3.05, 3.63) is 47.0 Å². The Morgan fingerprint density at radius 3 is 2.55 bits per heavy atom. The Morgan fingerprint density at radius 2 is 1.85 bits per heavy atom. The van der Waals surface area contributed by atoms with E-state index in [9.17, 15) is 8.78 Å². The van der Waals surface area contributed by atoms with Crippen molar-refractivity contribution in [2.45, 2.75) is 51.5 Å². The first-order valence-electron chi connectivity index (χ1n) is 7.56. The van der Waals surface area contributed by atoms with E-state index < -0.39 is 11.6 Å². The summed E-state index contributed by atoms with van der Waals surface area (Å²) in [6.45, 7) is 2.93. The zero-order valence-electron chi connectivity index (χ0n) is 12.1. The van der Waals surface area contributed by atoms with E-state index in [2.05, 4.69) is 18.3 Å². The third kappa shape index (κ3) is 4.41. The van der Waals surface area contributed by atoms with Crippen LogP contribution < -0.4 is 5.32 Å². The second-order valence-electron chi connectivity index (χ2n) is 5.47. The molecule has 0 radical (unpaired) electrons. The first-order chi connectivity index (χ1) is 9.69. The summed E-state index contributed by atoms with van der Waals surface area (Å²) in [6.07, 6.45) is 8.91. The molecule has 1 nitrogen and oxygen atoms in total. The number of hydrogen-bond acceptors (Lipinski definition) is 1. The standard InChI is InChI=1S/C17H23F2N/c1-2-20-17(14-7-5-3-4-6-8-14)11-13-9-15(18)12-16(19)10-13/h7,9-10,12,17,20H,2-6,8,11H2,1H3. The van der Waals surface area contributed by atoms with E-state index >= 15 is 0 Å². The SMILES string of the molecule is CCNC(Cc1cc(F)cc(F)c1)C1=CCCCCC1. The van der Waals surface area contributed by atoms with Crippen LogP contribution >= 0.6 is 0 Å². The highest BCUT2D eigenvalue weighted by Crippen LogP contribution is 2.22. The molecule has 1 unspecified atom stereocenters. The molecule has 0 amide bonds. The van der Waals surface area contributed by atoms with E-state index in [1.807, 2.05) is 0 Å². The van der Waals surface area contributed by atoms with Crippen LogP contribution in [0.15, 0.2) is 29.8 Å². The zero-order chi connectivity index (χ0) is 14.4. The third-order valence-electron chi connectivity index (χ3n) is 3.84. The molecule has 1 aliphatic rings. The Labute approximate surface area is 120 Å². The zero-order valence-corrected chi connectivity index (χ0v) is 12.1. The van der Waals surface area contributed by atoms with Gasteiger partial charge in [0, 0.05) is 12.1 Å². The highest BCUT2D eigenvalue weighted by atomic mass is 19.1. The summed E-state index contributed by atoms with van der Waals surface area (Å²) in [4.78, 5) is 0. The molecule has 0 fully saturated rings. The maximum Gasteiger partial charge on any atom is 0.126 e. The van der Waals surface area contributed by atoms with Gasteiger partial charge in [0.2, 0.25) is 0 Å². The maximum atomic E-state index is 13.3. The van der Waals surface area contributed by atoms with E-state index in [0.717, 1.165) is 31.0 Å². The van der Waals surface area contributed by atoms with E-state index in [1.165, 1.54) is 37.0 Å². The Hall–Kier alpha value is -1.22. The summed E-state index contributed by atoms with van der Waals surface area (Å²) in [5, 5.41) is 3.45. The molecule has 0 heterocycles. The predicted octanol–water partition coefficient (Wildman–Crippen LogP) is 4.38. The fraction of sp³-hybridized carbons (Fsp3) is 0.529. The summed E-state index contributed by atoms with van der Waals surface area (Å²) in [5.74, 6) is -0.991. The number of allylic oxidation sites excluding steroid dienone is 1.